The zero-order valence-electron chi connectivity index (χ0n) is 14.2. The number of amides is 1. The number of aromatic nitrogens is 1. The van der Waals surface area contributed by atoms with Crippen molar-refractivity contribution in [1.29, 1.82) is 0 Å². The van der Waals surface area contributed by atoms with Crippen LogP contribution in [0.15, 0.2) is 41.8 Å². The van der Waals surface area contributed by atoms with Crippen molar-refractivity contribution in [3.05, 3.63) is 58.1 Å². The van der Waals surface area contributed by atoms with E-state index in [2.05, 4.69) is 4.90 Å². The highest BCUT2D eigenvalue weighted by molar-refractivity contribution is 7.10. The quantitative estimate of drug-likeness (QED) is 0.780. The van der Waals surface area contributed by atoms with Crippen LogP contribution in [0.25, 0.3) is 6.08 Å². The van der Waals surface area contributed by atoms with Gasteiger partial charge in [-0.1, -0.05) is 12.1 Å². The number of pyridine rings is 1. The van der Waals surface area contributed by atoms with Gasteiger partial charge in [0.25, 0.3) is 0 Å². The molecule has 0 spiro atoms. The van der Waals surface area contributed by atoms with E-state index in [1.807, 2.05) is 60.8 Å². The fourth-order valence-electron chi connectivity index (χ4n) is 3.07. The van der Waals surface area contributed by atoms with E-state index in [4.69, 9.17) is 4.98 Å². The largest absolute Gasteiger partial charge is 0.331 e. The summed E-state index contributed by atoms with van der Waals surface area (Å²) in [5.74, 6) is 0.0747. The fourth-order valence-corrected chi connectivity index (χ4v) is 3.69. The lowest BCUT2D eigenvalue weighted by Gasteiger charge is -2.23. The molecule has 0 radical (unpaired) electrons. The minimum atomic E-state index is 0.0747. The Balaban J connectivity index is 1.74. The predicted molar refractivity (Wildman–Crippen MR) is 98.7 cm³/mol. The highest BCUT2D eigenvalue weighted by Gasteiger charge is 2.29. The van der Waals surface area contributed by atoms with Gasteiger partial charge in [0.15, 0.2) is 0 Å². The summed E-state index contributed by atoms with van der Waals surface area (Å²) in [7, 11) is 4.07. The topological polar surface area (TPSA) is 36.4 Å². The Bertz CT molecular complexity index is 709. The maximum atomic E-state index is 12.6. The van der Waals surface area contributed by atoms with Crippen LogP contribution in [0.5, 0.6) is 0 Å². The number of rotatable bonds is 5. The van der Waals surface area contributed by atoms with E-state index in [0.717, 1.165) is 42.2 Å². The van der Waals surface area contributed by atoms with Gasteiger partial charge in [0, 0.05) is 24.0 Å². The summed E-state index contributed by atoms with van der Waals surface area (Å²) in [6.07, 6.45) is 5.60. The van der Waals surface area contributed by atoms with Crippen LogP contribution >= 0.6 is 11.3 Å². The molecule has 2 aromatic rings. The molecule has 0 aliphatic carbocycles. The Kier molecular flexibility index (Phi) is 5.43. The van der Waals surface area contributed by atoms with Crippen LogP contribution in [0, 0.1) is 0 Å². The minimum Gasteiger partial charge on any atom is -0.331 e. The first-order valence-electron chi connectivity index (χ1n) is 8.26. The molecule has 0 N–H and O–H groups in total. The standard InChI is InChI=1S/C19H23N3OS/c1-21(2)14-15-6-3-8-17(20-15)18-9-4-12-22(18)19(23)11-10-16-7-5-13-24-16/h3,5-8,10-11,13,18H,4,9,12,14H2,1-2H3/b11-10+. The summed E-state index contributed by atoms with van der Waals surface area (Å²) in [4.78, 5) is 22.5. The molecule has 0 saturated carbocycles. The average molecular weight is 341 g/mol. The second-order valence-corrected chi connectivity index (χ2v) is 7.31. The lowest BCUT2D eigenvalue weighted by atomic mass is 10.1. The second-order valence-electron chi connectivity index (χ2n) is 6.33. The zero-order valence-corrected chi connectivity index (χ0v) is 15.0. The molecule has 1 aliphatic heterocycles. The monoisotopic (exact) mass is 341 g/mol. The maximum absolute atomic E-state index is 12.6. The van der Waals surface area contributed by atoms with E-state index >= 15 is 0 Å². The zero-order chi connectivity index (χ0) is 16.9. The van der Waals surface area contributed by atoms with Gasteiger partial charge in [0.1, 0.15) is 0 Å². The molecule has 1 saturated heterocycles. The molecule has 1 aliphatic rings. The summed E-state index contributed by atoms with van der Waals surface area (Å²) in [6.45, 7) is 1.62. The summed E-state index contributed by atoms with van der Waals surface area (Å²) < 4.78 is 0. The van der Waals surface area contributed by atoms with E-state index in [1.54, 1.807) is 17.4 Å². The molecule has 1 amide bonds. The first-order valence-corrected chi connectivity index (χ1v) is 9.14. The van der Waals surface area contributed by atoms with Crippen LogP contribution in [0.3, 0.4) is 0 Å². The molecular weight excluding hydrogens is 318 g/mol. The number of hydrogen-bond acceptors (Lipinski definition) is 4. The van der Waals surface area contributed by atoms with Crippen molar-refractivity contribution in [3.63, 3.8) is 0 Å². The van der Waals surface area contributed by atoms with Crippen molar-refractivity contribution in [3.8, 4) is 0 Å². The van der Waals surface area contributed by atoms with Crippen LogP contribution < -0.4 is 0 Å². The van der Waals surface area contributed by atoms with Crippen LogP contribution in [0.4, 0.5) is 0 Å². The van der Waals surface area contributed by atoms with Gasteiger partial charge < -0.3 is 9.80 Å². The molecular formula is C19H23N3OS. The molecule has 3 heterocycles. The second kappa shape index (κ2) is 7.73. The van der Waals surface area contributed by atoms with Crippen molar-refractivity contribution in [2.24, 2.45) is 0 Å². The average Bonchev–Trinajstić information content (AvgIpc) is 3.23. The van der Waals surface area contributed by atoms with Crippen molar-refractivity contribution < 1.29 is 4.79 Å². The van der Waals surface area contributed by atoms with Crippen molar-refractivity contribution >= 4 is 23.3 Å². The number of likely N-dealkylation sites (tertiary alicyclic amines) is 1. The predicted octanol–water partition coefficient (Wildman–Crippen LogP) is 3.58. The third-order valence-corrected chi connectivity index (χ3v) is 4.95. The van der Waals surface area contributed by atoms with Gasteiger partial charge in [-0.25, -0.2) is 0 Å². The number of nitrogens with zero attached hydrogens (tertiary/aromatic N) is 3. The first kappa shape index (κ1) is 16.9. The van der Waals surface area contributed by atoms with Crippen molar-refractivity contribution in [1.82, 2.24) is 14.8 Å². The van der Waals surface area contributed by atoms with Gasteiger partial charge >= 0.3 is 0 Å². The molecule has 24 heavy (non-hydrogen) atoms. The number of carbonyl (C=O) groups is 1. The molecule has 1 fully saturated rings. The minimum absolute atomic E-state index is 0.0747. The Hall–Kier alpha value is -1.98. The third-order valence-electron chi connectivity index (χ3n) is 4.12. The van der Waals surface area contributed by atoms with Crippen LogP contribution in [-0.4, -0.2) is 41.3 Å². The Morgan fingerprint density at radius 3 is 3.00 bits per heavy atom. The normalized spacial score (nSPS) is 18.0. The molecule has 2 aromatic heterocycles. The molecule has 126 valence electrons. The molecule has 4 nitrogen and oxygen atoms in total. The summed E-state index contributed by atoms with van der Waals surface area (Å²) in [5.41, 5.74) is 2.05. The van der Waals surface area contributed by atoms with Crippen molar-refractivity contribution in [2.45, 2.75) is 25.4 Å². The molecule has 3 rings (SSSR count). The Morgan fingerprint density at radius 1 is 1.38 bits per heavy atom. The van der Waals surface area contributed by atoms with Gasteiger partial charge in [0.05, 0.1) is 17.4 Å². The molecule has 0 bridgehead atoms. The SMILES string of the molecule is CN(C)Cc1cccc(C2CCCN2C(=O)/C=C/c2cccs2)n1. The number of carbonyl (C=O) groups excluding carboxylic acids is 1. The van der Waals surface area contributed by atoms with Crippen LogP contribution in [0.1, 0.15) is 35.1 Å². The van der Waals surface area contributed by atoms with E-state index in [0.29, 0.717) is 0 Å². The molecule has 0 aromatic carbocycles. The summed E-state index contributed by atoms with van der Waals surface area (Å²) in [5, 5.41) is 2.02. The van der Waals surface area contributed by atoms with Gasteiger partial charge in [-0.3, -0.25) is 9.78 Å². The number of hydrogen-bond donors (Lipinski definition) is 0. The molecule has 1 unspecified atom stereocenters. The number of thiophene rings is 1. The Morgan fingerprint density at radius 2 is 2.25 bits per heavy atom. The van der Waals surface area contributed by atoms with Crippen LogP contribution in [-0.2, 0) is 11.3 Å². The summed E-state index contributed by atoms with van der Waals surface area (Å²) >= 11 is 1.64. The van der Waals surface area contributed by atoms with Gasteiger partial charge in [0.2, 0.25) is 5.91 Å². The maximum Gasteiger partial charge on any atom is 0.247 e. The first-order chi connectivity index (χ1) is 11.6. The fraction of sp³-hybridized carbons (Fsp3) is 0.368. The van der Waals surface area contributed by atoms with Gasteiger partial charge in [-0.2, -0.15) is 0 Å². The highest BCUT2D eigenvalue weighted by atomic mass is 32.1. The lowest BCUT2D eigenvalue weighted by Crippen LogP contribution is -2.29. The van der Waals surface area contributed by atoms with E-state index in [1.165, 1.54) is 0 Å². The van der Waals surface area contributed by atoms with E-state index in [9.17, 15) is 4.79 Å². The van der Waals surface area contributed by atoms with Gasteiger partial charge in [-0.05, 0) is 56.6 Å². The lowest BCUT2D eigenvalue weighted by molar-refractivity contribution is -0.126. The smallest absolute Gasteiger partial charge is 0.247 e. The Labute approximate surface area is 147 Å². The van der Waals surface area contributed by atoms with E-state index in [-0.39, 0.29) is 11.9 Å². The van der Waals surface area contributed by atoms with Crippen molar-refractivity contribution in [2.75, 3.05) is 20.6 Å². The van der Waals surface area contributed by atoms with Gasteiger partial charge in [-0.15, -0.1) is 11.3 Å². The molecule has 1 atom stereocenters. The van der Waals surface area contributed by atoms with E-state index < -0.39 is 0 Å². The molecule has 5 heteroatoms. The van der Waals surface area contributed by atoms with Crippen LogP contribution in [0.2, 0.25) is 0 Å². The highest BCUT2D eigenvalue weighted by Crippen LogP contribution is 2.31. The third kappa shape index (κ3) is 4.10. The summed E-state index contributed by atoms with van der Waals surface area (Å²) in [6, 6.07) is 10.2.